The van der Waals surface area contributed by atoms with Crippen LogP contribution in [0.15, 0.2) is 48.5 Å². The van der Waals surface area contributed by atoms with Crippen molar-refractivity contribution in [3.63, 3.8) is 0 Å². The highest BCUT2D eigenvalue weighted by Crippen LogP contribution is 2.16. The van der Waals surface area contributed by atoms with E-state index < -0.39 is 0 Å². The molecule has 6 heteroatoms. The SMILES string of the molecule is COc1ccc(OCCNC(=O)Nc2cccc(C(C)=O)c2)cc1. The Bertz CT molecular complexity index is 698. The maximum atomic E-state index is 11.8. The molecule has 2 amide bonds. The van der Waals surface area contributed by atoms with Crippen molar-refractivity contribution in [2.75, 3.05) is 25.6 Å². The van der Waals surface area contributed by atoms with Crippen molar-refractivity contribution >= 4 is 17.5 Å². The number of ketones is 1. The lowest BCUT2D eigenvalue weighted by atomic mass is 10.1. The van der Waals surface area contributed by atoms with E-state index in [2.05, 4.69) is 10.6 Å². The zero-order valence-corrected chi connectivity index (χ0v) is 13.7. The van der Waals surface area contributed by atoms with Gasteiger partial charge in [-0.15, -0.1) is 0 Å². The first kappa shape index (κ1) is 17.3. The van der Waals surface area contributed by atoms with Crippen LogP contribution < -0.4 is 20.1 Å². The van der Waals surface area contributed by atoms with Gasteiger partial charge in [-0.05, 0) is 43.3 Å². The molecule has 24 heavy (non-hydrogen) atoms. The second kappa shape index (κ2) is 8.57. The molecule has 2 N–H and O–H groups in total. The minimum Gasteiger partial charge on any atom is -0.497 e. The first-order valence-corrected chi connectivity index (χ1v) is 7.51. The van der Waals surface area contributed by atoms with Crippen LogP contribution in [-0.4, -0.2) is 32.1 Å². The Morgan fingerprint density at radius 1 is 1.04 bits per heavy atom. The molecule has 2 rings (SSSR count). The average Bonchev–Trinajstić information content (AvgIpc) is 2.59. The van der Waals surface area contributed by atoms with Gasteiger partial charge in [-0.3, -0.25) is 4.79 Å². The monoisotopic (exact) mass is 328 g/mol. The van der Waals surface area contributed by atoms with Gasteiger partial charge in [0.15, 0.2) is 5.78 Å². The first-order chi connectivity index (χ1) is 11.6. The molecule has 0 saturated heterocycles. The molecule has 0 spiro atoms. The van der Waals surface area contributed by atoms with Crippen LogP contribution in [0.4, 0.5) is 10.5 Å². The molecule has 0 heterocycles. The van der Waals surface area contributed by atoms with Gasteiger partial charge in [0.25, 0.3) is 0 Å². The number of carbonyl (C=O) groups is 2. The van der Waals surface area contributed by atoms with Gasteiger partial charge in [0.1, 0.15) is 18.1 Å². The van der Waals surface area contributed by atoms with Gasteiger partial charge in [-0.2, -0.15) is 0 Å². The van der Waals surface area contributed by atoms with Crippen LogP contribution in [0.2, 0.25) is 0 Å². The Morgan fingerprint density at radius 2 is 1.75 bits per heavy atom. The van der Waals surface area contributed by atoms with E-state index in [0.29, 0.717) is 30.2 Å². The summed E-state index contributed by atoms with van der Waals surface area (Å²) in [7, 11) is 1.60. The molecule has 126 valence electrons. The molecular weight excluding hydrogens is 308 g/mol. The molecule has 6 nitrogen and oxygen atoms in total. The maximum absolute atomic E-state index is 11.8. The number of anilines is 1. The zero-order chi connectivity index (χ0) is 17.4. The Labute approximate surface area is 140 Å². The Morgan fingerprint density at radius 3 is 2.42 bits per heavy atom. The van der Waals surface area contributed by atoms with Gasteiger partial charge in [0.05, 0.1) is 13.7 Å². The molecular formula is C18H20N2O4. The summed E-state index contributed by atoms with van der Waals surface area (Å²) in [6.07, 6.45) is 0. The number of amides is 2. The van der Waals surface area contributed by atoms with Gasteiger partial charge in [-0.25, -0.2) is 4.79 Å². The van der Waals surface area contributed by atoms with E-state index in [1.54, 1.807) is 55.6 Å². The van der Waals surface area contributed by atoms with Crippen molar-refractivity contribution in [1.29, 1.82) is 0 Å². The summed E-state index contributed by atoms with van der Waals surface area (Å²) in [5.74, 6) is 1.41. The van der Waals surface area contributed by atoms with Crippen molar-refractivity contribution in [3.05, 3.63) is 54.1 Å². The number of hydrogen-bond donors (Lipinski definition) is 2. The summed E-state index contributed by atoms with van der Waals surface area (Å²) in [6.45, 7) is 2.17. The maximum Gasteiger partial charge on any atom is 0.319 e. The lowest BCUT2D eigenvalue weighted by molar-refractivity contribution is 0.101. The lowest BCUT2D eigenvalue weighted by Gasteiger charge is -2.10. The Balaban J connectivity index is 1.73. The lowest BCUT2D eigenvalue weighted by Crippen LogP contribution is -2.32. The molecule has 0 radical (unpaired) electrons. The summed E-state index contributed by atoms with van der Waals surface area (Å²) in [5.41, 5.74) is 1.12. The molecule has 0 unspecified atom stereocenters. The highest BCUT2D eigenvalue weighted by molar-refractivity contribution is 5.96. The van der Waals surface area contributed by atoms with Crippen LogP contribution in [0.25, 0.3) is 0 Å². The third-order valence-electron chi connectivity index (χ3n) is 3.24. The number of carbonyl (C=O) groups excluding carboxylic acids is 2. The number of hydrogen-bond acceptors (Lipinski definition) is 4. The van der Waals surface area contributed by atoms with Gasteiger partial charge in [-0.1, -0.05) is 12.1 Å². The summed E-state index contributed by atoms with van der Waals surface area (Å²) in [6, 6.07) is 13.6. The summed E-state index contributed by atoms with van der Waals surface area (Å²) in [5, 5.41) is 5.36. The summed E-state index contributed by atoms with van der Waals surface area (Å²) >= 11 is 0. The molecule has 0 bridgehead atoms. The smallest absolute Gasteiger partial charge is 0.319 e. The van der Waals surface area contributed by atoms with Crippen LogP contribution in [0.1, 0.15) is 17.3 Å². The summed E-state index contributed by atoms with van der Waals surface area (Å²) in [4.78, 5) is 23.1. The molecule has 0 atom stereocenters. The van der Waals surface area contributed by atoms with Crippen molar-refractivity contribution in [3.8, 4) is 11.5 Å². The van der Waals surface area contributed by atoms with Crippen molar-refractivity contribution in [2.24, 2.45) is 0 Å². The van der Waals surface area contributed by atoms with Crippen LogP contribution in [0.5, 0.6) is 11.5 Å². The van der Waals surface area contributed by atoms with E-state index in [0.717, 1.165) is 5.75 Å². The number of ether oxygens (including phenoxy) is 2. The molecule has 2 aromatic rings. The number of benzene rings is 2. The Kier molecular flexibility index (Phi) is 6.19. The van der Waals surface area contributed by atoms with Crippen molar-refractivity contribution in [2.45, 2.75) is 6.92 Å². The third-order valence-corrected chi connectivity index (χ3v) is 3.24. The van der Waals surface area contributed by atoms with E-state index in [-0.39, 0.29) is 11.8 Å². The number of Topliss-reactive ketones (excluding diaryl/α,β-unsaturated/α-hetero) is 1. The largest absolute Gasteiger partial charge is 0.497 e. The minimum atomic E-state index is -0.353. The number of methoxy groups -OCH3 is 1. The zero-order valence-electron chi connectivity index (χ0n) is 13.7. The number of nitrogens with one attached hydrogen (secondary N) is 2. The van der Waals surface area contributed by atoms with E-state index in [1.807, 2.05) is 0 Å². The van der Waals surface area contributed by atoms with E-state index in [9.17, 15) is 9.59 Å². The summed E-state index contributed by atoms with van der Waals surface area (Å²) < 4.78 is 10.6. The highest BCUT2D eigenvalue weighted by Gasteiger charge is 2.04. The second-order valence-corrected chi connectivity index (χ2v) is 5.04. The van der Waals surface area contributed by atoms with Crippen LogP contribution in [-0.2, 0) is 0 Å². The number of urea groups is 1. The third kappa shape index (κ3) is 5.31. The second-order valence-electron chi connectivity index (χ2n) is 5.04. The predicted octanol–water partition coefficient (Wildman–Crippen LogP) is 3.10. The van der Waals surface area contributed by atoms with E-state index >= 15 is 0 Å². The van der Waals surface area contributed by atoms with E-state index in [1.165, 1.54) is 6.92 Å². The van der Waals surface area contributed by atoms with Crippen LogP contribution >= 0.6 is 0 Å². The van der Waals surface area contributed by atoms with Gasteiger partial charge < -0.3 is 20.1 Å². The number of rotatable bonds is 7. The standard InChI is InChI=1S/C18H20N2O4/c1-13(21)14-4-3-5-15(12-14)20-18(22)19-10-11-24-17-8-6-16(23-2)7-9-17/h3-9,12H,10-11H2,1-2H3,(H2,19,20,22). The van der Waals surface area contributed by atoms with Gasteiger partial charge >= 0.3 is 6.03 Å². The first-order valence-electron chi connectivity index (χ1n) is 7.51. The molecule has 0 aliphatic carbocycles. The molecule has 0 aromatic heterocycles. The minimum absolute atomic E-state index is 0.0491. The van der Waals surface area contributed by atoms with Gasteiger partial charge in [0.2, 0.25) is 0 Å². The fraction of sp³-hybridized carbons (Fsp3) is 0.222. The van der Waals surface area contributed by atoms with Crippen LogP contribution in [0, 0.1) is 0 Å². The van der Waals surface area contributed by atoms with Crippen molar-refractivity contribution < 1.29 is 19.1 Å². The molecule has 0 fully saturated rings. The quantitative estimate of drug-likeness (QED) is 0.605. The molecule has 0 saturated carbocycles. The molecule has 0 aliphatic rings. The normalized spacial score (nSPS) is 9.92. The van der Waals surface area contributed by atoms with Crippen molar-refractivity contribution in [1.82, 2.24) is 5.32 Å². The van der Waals surface area contributed by atoms with E-state index in [4.69, 9.17) is 9.47 Å². The van der Waals surface area contributed by atoms with Gasteiger partial charge in [0, 0.05) is 11.3 Å². The fourth-order valence-electron chi connectivity index (χ4n) is 2.00. The predicted molar refractivity (Wildman–Crippen MR) is 92.0 cm³/mol. The average molecular weight is 328 g/mol. The Hall–Kier alpha value is -3.02. The fourth-order valence-corrected chi connectivity index (χ4v) is 2.00. The topological polar surface area (TPSA) is 76.7 Å². The highest BCUT2D eigenvalue weighted by atomic mass is 16.5. The molecule has 2 aromatic carbocycles. The molecule has 0 aliphatic heterocycles. The van der Waals surface area contributed by atoms with Crippen LogP contribution in [0.3, 0.4) is 0 Å².